The quantitative estimate of drug-likeness (QED) is 0.851. The Morgan fingerprint density at radius 3 is 2.38 bits per heavy atom. The van der Waals surface area contributed by atoms with Crippen LogP contribution >= 0.6 is 0 Å². The summed E-state index contributed by atoms with van der Waals surface area (Å²) < 4.78 is 5.56. The molecule has 0 aliphatic heterocycles. The van der Waals surface area contributed by atoms with E-state index in [2.05, 4.69) is 13.8 Å². The Hall–Kier alpha value is -1.51. The van der Waals surface area contributed by atoms with E-state index in [-0.39, 0.29) is 0 Å². The maximum atomic E-state index is 11.0. The van der Waals surface area contributed by atoms with Crippen molar-refractivity contribution in [3.63, 3.8) is 0 Å². The number of ether oxygens (including phenoxy) is 1. The van der Waals surface area contributed by atoms with E-state index < -0.39 is 11.6 Å². The van der Waals surface area contributed by atoms with Crippen LogP contribution in [0.5, 0.6) is 5.75 Å². The van der Waals surface area contributed by atoms with Gasteiger partial charge in [-0.1, -0.05) is 32.0 Å². The molecule has 3 nitrogen and oxygen atoms in total. The van der Waals surface area contributed by atoms with Crippen molar-refractivity contribution >= 4 is 5.97 Å². The molecule has 0 heterocycles. The fourth-order valence-corrected chi connectivity index (χ4v) is 1.37. The number of hydrogen-bond donors (Lipinski definition) is 1. The monoisotopic (exact) mass is 222 g/mol. The van der Waals surface area contributed by atoms with Gasteiger partial charge in [0, 0.05) is 0 Å². The van der Waals surface area contributed by atoms with E-state index >= 15 is 0 Å². The Morgan fingerprint density at radius 2 is 1.88 bits per heavy atom. The lowest BCUT2D eigenvalue weighted by Gasteiger charge is -2.24. The van der Waals surface area contributed by atoms with Crippen molar-refractivity contribution in [2.45, 2.75) is 39.2 Å². The molecule has 0 spiro atoms. The first-order valence-corrected chi connectivity index (χ1v) is 5.36. The first-order chi connectivity index (χ1) is 7.34. The van der Waals surface area contributed by atoms with Gasteiger partial charge >= 0.3 is 5.97 Å². The summed E-state index contributed by atoms with van der Waals surface area (Å²) in [6, 6.07) is 7.53. The smallest absolute Gasteiger partial charge is 0.347 e. The molecular weight excluding hydrogens is 204 g/mol. The van der Waals surface area contributed by atoms with E-state index in [1.807, 2.05) is 18.2 Å². The van der Waals surface area contributed by atoms with Gasteiger partial charge < -0.3 is 9.84 Å². The summed E-state index contributed by atoms with van der Waals surface area (Å²) in [5, 5.41) is 9.01. The molecule has 0 bridgehead atoms. The van der Waals surface area contributed by atoms with Crippen molar-refractivity contribution in [1.82, 2.24) is 0 Å². The third kappa shape index (κ3) is 2.75. The van der Waals surface area contributed by atoms with E-state index in [0.29, 0.717) is 11.7 Å². The van der Waals surface area contributed by atoms with Crippen molar-refractivity contribution in [2.75, 3.05) is 0 Å². The molecule has 88 valence electrons. The second-order valence-electron chi connectivity index (χ2n) is 4.61. The normalized spacial score (nSPS) is 11.6. The topological polar surface area (TPSA) is 46.5 Å². The second-order valence-corrected chi connectivity index (χ2v) is 4.61. The standard InChI is InChI=1S/C13H18O3/c1-9(2)10-7-5-6-8-11(10)16-13(3,4)12(14)15/h5-9H,1-4H3,(H,14,15). The lowest BCUT2D eigenvalue weighted by atomic mass is 10.0. The summed E-state index contributed by atoms with van der Waals surface area (Å²) in [5.41, 5.74) is -0.179. The summed E-state index contributed by atoms with van der Waals surface area (Å²) in [6.45, 7) is 7.20. The number of aliphatic carboxylic acids is 1. The first kappa shape index (κ1) is 12.6. The van der Waals surface area contributed by atoms with Crippen LogP contribution in [-0.2, 0) is 4.79 Å². The number of rotatable bonds is 4. The molecule has 1 N–H and O–H groups in total. The molecule has 0 radical (unpaired) electrons. The van der Waals surface area contributed by atoms with Crippen LogP contribution < -0.4 is 4.74 Å². The zero-order chi connectivity index (χ0) is 12.3. The summed E-state index contributed by atoms with van der Waals surface area (Å²) >= 11 is 0. The molecule has 0 atom stereocenters. The van der Waals surface area contributed by atoms with Gasteiger partial charge in [0.2, 0.25) is 0 Å². The molecule has 0 fully saturated rings. The number of benzene rings is 1. The average Bonchev–Trinajstić information content (AvgIpc) is 2.17. The van der Waals surface area contributed by atoms with Gasteiger partial charge in [0.1, 0.15) is 5.75 Å². The van der Waals surface area contributed by atoms with Crippen LogP contribution in [0.2, 0.25) is 0 Å². The minimum absolute atomic E-state index is 0.306. The lowest BCUT2D eigenvalue weighted by Crippen LogP contribution is -2.38. The Kier molecular flexibility index (Phi) is 3.58. The molecule has 0 saturated heterocycles. The molecule has 1 aromatic carbocycles. The van der Waals surface area contributed by atoms with Crippen LogP contribution in [0.4, 0.5) is 0 Å². The van der Waals surface area contributed by atoms with Gasteiger partial charge in [-0.05, 0) is 31.4 Å². The molecular formula is C13H18O3. The molecule has 1 rings (SSSR count). The second kappa shape index (κ2) is 4.56. The first-order valence-electron chi connectivity index (χ1n) is 5.36. The van der Waals surface area contributed by atoms with Gasteiger partial charge in [-0.15, -0.1) is 0 Å². The minimum atomic E-state index is -1.20. The molecule has 0 aromatic heterocycles. The molecule has 0 unspecified atom stereocenters. The highest BCUT2D eigenvalue weighted by molar-refractivity contribution is 5.76. The van der Waals surface area contributed by atoms with E-state index in [0.717, 1.165) is 5.56 Å². The number of carboxylic acid groups (broad SMARTS) is 1. The van der Waals surface area contributed by atoms with E-state index in [9.17, 15) is 4.79 Å². The van der Waals surface area contributed by atoms with Gasteiger partial charge in [-0.3, -0.25) is 0 Å². The number of para-hydroxylation sites is 1. The minimum Gasteiger partial charge on any atom is -0.478 e. The zero-order valence-corrected chi connectivity index (χ0v) is 10.2. The molecule has 0 saturated carbocycles. The van der Waals surface area contributed by atoms with Gasteiger partial charge in [0.15, 0.2) is 5.60 Å². The summed E-state index contributed by atoms with van der Waals surface area (Å²) in [5.74, 6) is -0.0169. The summed E-state index contributed by atoms with van der Waals surface area (Å²) in [6.07, 6.45) is 0. The summed E-state index contributed by atoms with van der Waals surface area (Å²) in [4.78, 5) is 11.0. The van der Waals surface area contributed by atoms with Gasteiger partial charge in [0.25, 0.3) is 0 Å². The van der Waals surface area contributed by atoms with Crippen LogP contribution in [0.1, 0.15) is 39.2 Å². The maximum absolute atomic E-state index is 11.0. The van der Waals surface area contributed by atoms with Gasteiger partial charge in [-0.2, -0.15) is 0 Å². The predicted octanol–water partition coefficient (Wildman–Crippen LogP) is 3.05. The molecule has 1 aromatic rings. The number of hydrogen-bond acceptors (Lipinski definition) is 2. The van der Waals surface area contributed by atoms with Crippen LogP contribution in [0.3, 0.4) is 0 Å². The third-order valence-electron chi connectivity index (χ3n) is 2.42. The Balaban J connectivity index is 3.01. The molecule has 0 amide bonds. The Morgan fingerprint density at radius 1 is 1.31 bits per heavy atom. The fraction of sp³-hybridized carbons (Fsp3) is 0.462. The van der Waals surface area contributed by atoms with Crippen molar-refractivity contribution in [3.05, 3.63) is 29.8 Å². The number of carbonyl (C=O) groups is 1. The maximum Gasteiger partial charge on any atom is 0.347 e. The van der Waals surface area contributed by atoms with Crippen LogP contribution in [0, 0.1) is 0 Å². The SMILES string of the molecule is CC(C)c1ccccc1OC(C)(C)C(=O)O. The lowest BCUT2D eigenvalue weighted by molar-refractivity contribution is -0.152. The zero-order valence-electron chi connectivity index (χ0n) is 10.2. The predicted molar refractivity (Wildman–Crippen MR) is 62.9 cm³/mol. The van der Waals surface area contributed by atoms with E-state index in [1.165, 1.54) is 0 Å². The highest BCUT2D eigenvalue weighted by atomic mass is 16.5. The van der Waals surface area contributed by atoms with Crippen LogP contribution in [0.25, 0.3) is 0 Å². The van der Waals surface area contributed by atoms with Crippen molar-refractivity contribution in [3.8, 4) is 5.75 Å². The molecule has 0 aliphatic rings. The Labute approximate surface area is 96.1 Å². The Bertz CT molecular complexity index is 381. The van der Waals surface area contributed by atoms with Gasteiger partial charge in [-0.25, -0.2) is 4.79 Å². The summed E-state index contributed by atoms with van der Waals surface area (Å²) in [7, 11) is 0. The third-order valence-corrected chi connectivity index (χ3v) is 2.42. The van der Waals surface area contributed by atoms with E-state index in [1.54, 1.807) is 19.9 Å². The van der Waals surface area contributed by atoms with Crippen LogP contribution in [0.15, 0.2) is 24.3 Å². The molecule has 3 heteroatoms. The number of carboxylic acids is 1. The van der Waals surface area contributed by atoms with Crippen LogP contribution in [-0.4, -0.2) is 16.7 Å². The average molecular weight is 222 g/mol. The van der Waals surface area contributed by atoms with Crippen molar-refractivity contribution < 1.29 is 14.6 Å². The molecule has 0 aliphatic carbocycles. The highest BCUT2D eigenvalue weighted by Gasteiger charge is 2.30. The highest BCUT2D eigenvalue weighted by Crippen LogP contribution is 2.28. The van der Waals surface area contributed by atoms with E-state index in [4.69, 9.17) is 9.84 Å². The largest absolute Gasteiger partial charge is 0.478 e. The molecule has 16 heavy (non-hydrogen) atoms. The van der Waals surface area contributed by atoms with Crippen molar-refractivity contribution in [1.29, 1.82) is 0 Å². The van der Waals surface area contributed by atoms with Crippen molar-refractivity contribution in [2.24, 2.45) is 0 Å². The van der Waals surface area contributed by atoms with Gasteiger partial charge in [0.05, 0.1) is 0 Å². The fourth-order valence-electron chi connectivity index (χ4n) is 1.37.